The van der Waals surface area contributed by atoms with Crippen molar-refractivity contribution in [3.8, 4) is 0 Å². The van der Waals surface area contributed by atoms with Crippen LogP contribution < -0.4 is 0 Å². The second-order valence-electron chi connectivity index (χ2n) is 9.73. The molecule has 3 aliphatic heterocycles. The van der Waals surface area contributed by atoms with Crippen LogP contribution >= 0.6 is 0 Å². The third-order valence-electron chi connectivity index (χ3n) is 7.27. The van der Waals surface area contributed by atoms with Crippen molar-refractivity contribution < 1.29 is 23.8 Å². The molecule has 7 heteroatoms. The van der Waals surface area contributed by atoms with E-state index in [4.69, 9.17) is 9.47 Å². The van der Waals surface area contributed by atoms with Crippen LogP contribution in [0.5, 0.6) is 0 Å². The van der Waals surface area contributed by atoms with Crippen molar-refractivity contribution >= 4 is 5.91 Å². The second-order valence-corrected chi connectivity index (χ2v) is 9.73. The zero-order valence-corrected chi connectivity index (χ0v) is 19.4. The van der Waals surface area contributed by atoms with Crippen molar-refractivity contribution in [2.75, 3.05) is 26.3 Å². The summed E-state index contributed by atoms with van der Waals surface area (Å²) in [4.78, 5) is 17.3. The lowest BCUT2D eigenvalue weighted by Crippen LogP contribution is -2.55. The number of hydrogen-bond acceptors (Lipinski definition) is 5. The van der Waals surface area contributed by atoms with E-state index in [1.807, 2.05) is 11.0 Å². The summed E-state index contributed by atoms with van der Waals surface area (Å²) in [7, 11) is 0. The standard InChI is InChI=1S/C27H33FN2O4/c28-22-7-5-19(6-8-22)14-30-16-23(31)17-33-18-26-25(30)10-9-24(34-26)13-27(32)29-12-11-20-3-1-2-4-21(20)15-29/h1-8,23-26,31H,9-18H2/t23-,24-,25-,26+/m1/s1. The minimum absolute atomic E-state index is 0.0771. The number of halogens is 1. The van der Waals surface area contributed by atoms with Crippen LogP contribution in [0, 0.1) is 5.82 Å². The number of fused-ring (bicyclic) bond motifs is 2. The van der Waals surface area contributed by atoms with E-state index in [9.17, 15) is 14.3 Å². The van der Waals surface area contributed by atoms with Crippen LogP contribution in [0.4, 0.5) is 4.39 Å². The predicted molar refractivity (Wildman–Crippen MR) is 125 cm³/mol. The van der Waals surface area contributed by atoms with Gasteiger partial charge in [-0.25, -0.2) is 4.39 Å². The molecule has 5 rings (SSSR count). The van der Waals surface area contributed by atoms with E-state index in [1.54, 1.807) is 12.1 Å². The molecule has 182 valence electrons. The van der Waals surface area contributed by atoms with Crippen LogP contribution in [0.1, 0.15) is 36.0 Å². The number of aliphatic hydroxyl groups is 1. The quantitative estimate of drug-likeness (QED) is 0.748. The van der Waals surface area contributed by atoms with Crippen molar-refractivity contribution in [2.24, 2.45) is 0 Å². The molecule has 34 heavy (non-hydrogen) atoms. The fourth-order valence-corrected chi connectivity index (χ4v) is 5.48. The molecule has 1 amide bonds. The van der Waals surface area contributed by atoms with Crippen LogP contribution in [0.2, 0.25) is 0 Å². The number of carbonyl (C=O) groups excluding carboxylic acids is 1. The van der Waals surface area contributed by atoms with Crippen molar-refractivity contribution in [3.63, 3.8) is 0 Å². The van der Waals surface area contributed by atoms with E-state index in [1.165, 1.54) is 23.3 Å². The molecule has 0 aliphatic carbocycles. The Bertz CT molecular complexity index is 985. The van der Waals surface area contributed by atoms with Crippen molar-refractivity contribution in [2.45, 2.75) is 63.1 Å². The van der Waals surface area contributed by atoms with Gasteiger partial charge in [-0.3, -0.25) is 9.69 Å². The first-order valence-electron chi connectivity index (χ1n) is 12.3. The van der Waals surface area contributed by atoms with Crippen LogP contribution in [-0.4, -0.2) is 71.5 Å². The maximum Gasteiger partial charge on any atom is 0.225 e. The molecule has 2 fully saturated rings. The van der Waals surface area contributed by atoms with Gasteiger partial charge in [-0.05, 0) is 48.1 Å². The fraction of sp³-hybridized carbons (Fsp3) is 0.519. The Morgan fingerprint density at radius 3 is 2.68 bits per heavy atom. The number of amides is 1. The molecular formula is C27H33FN2O4. The minimum atomic E-state index is -0.581. The summed E-state index contributed by atoms with van der Waals surface area (Å²) < 4.78 is 25.5. The largest absolute Gasteiger partial charge is 0.389 e. The zero-order chi connectivity index (χ0) is 23.5. The first kappa shape index (κ1) is 23.4. The lowest BCUT2D eigenvalue weighted by Gasteiger charge is -2.44. The molecular weight excluding hydrogens is 435 g/mol. The van der Waals surface area contributed by atoms with E-state index in [0.717, 1.165) is 31.4 Å². The summed E-state index contributed by atoms with van der Waals surface area (Å²) in [5.74, 6) is -0.114. The maximum absolute atomic E-state index is 13.3. The van der Waals surface area contributed by atoms with Gasteiger partial charge < -0.3 is 19.5 Å². The van der Waals surface area contributed by atoms with Gasteiger partial charge in [0.15, 0.2) is 0 Å². The van der Waals surface area contributed by atoms with E-state index in [0.29, 0.717) is 32.7 Å². The van der Waals surface area contributed by atoms with Gasteiger partial charge >= 0.3 is 0 Å². The molecule has 4 atom stereocenters. The molecule has 3 aliphatic rings. The van der Waals surface area contributed by atoms with E-state index >= 15 is 0 Å². The van der Waals surface area contributed by atoms with Gasteiger partial charge in [0.25, 0.3) is 0 Å². The van der Waals surface area contributed by atoms with Gasteiger partial charge in [-0.15, -0.1) is 0 Å². The topological polar surface area (TPSA) is 62.2 Å². The number of carbonyl (C=O) groups is 1. The molecule has 2 aromatic rings. The van der Waals surface area contributed by atoms with Gasteiger partial charge in [0.05, 0.1) is 37.9 Å². The summed E-state index contributed by atoms with van der Waals surface area (Å²) in [5, 5.41) is 10.4. The van der Waals surface area contributed by atoms with Crippen molar-refractivity contribution in [1.29, 1.82) is 0 Å². The average Bonchev–Trinajstić information content (AvgIpc) is 2.84. The minimum Gasteiger partial charge on any atom is -0.389 e. The number of nitrogens with zero attached hydrogens (tertiary/aromatic N) is 2. The summed E-state index contributed by atoms with van der Waals surface area (Å²) in [5.41, 5.74) is 3.56. The Balaban J connectivity index is 1.22. The van der Waals surface area contributed by atoms with Gasteiger partial charge in [0, 0.05) is 32.2 Å². The van der Waals surface area contributed by atoms with E-state index in [-0.39, 0.29) is 36.6 Å². The number of β-amino-alcohol motifs (C(OH)–C–C–N with tert-alkyl or cyclic N) is 1. The Hall–Kier alpha value is -2.32. The number of rotatable bonds is 4. The molecule has 6 nitrogen and oxygen atoms in total. The number of aliphatic hydroxyl groups excluding tert-OH is 1. The lowest BCUT2D eigenvalue weighted by atomic mass is 9.93. The summed E-state index contributed by atoms with van der Waals surface area (Å²) in [6.45, 7) is 3.14. The lowest BCUT2D eigenvalue weighted by molar-refractivity contribution is -0.161. The predicted octanol–water partition coefficient (Wildman–Crippen LogP) is 2.91. The molecule has 0 saturated carbocycles. The van der Waals surface area contributed by atoms with Crippen LogP contribution in [-0.2, 0) is 33.8 Å². The Morgan fingerprint density at radius 1 is 1.06 bits per heavy atom. The zero-order valence-electron chi connectivity index (χ0n) is 19.4. The molecule has 3 heterocycles. The SMILES string of the molecule is O=C(C[C@H]1CC[C@@H]2[C@H](COC[C@H](O)CN2Cc2ccc(F)cc2)O1)N1CCc2ccccc2C1. The number of benzene rings is 2. The molecule has 0 unspecified atom stereocenters. The van der Waals surface area contributed by atoms with E-state index in [2.05, 4.69) is 23.1 Å². The van der Waals surface area contributed by atoms with Gasteiger partial charge in [-0.2, -0.15) is 0 Å². The molecule has 2 saturated heterocycles. The normalized spacial score (nSPS) is 27.9. The van der Waals surface area contributed by atoms with Crippen molar-refractivity contribution in [1.82, 2.24) is 9.80 Å². The fourth-order valence-electron chi connectivity index (χ4n) is 5.48. The Kier molecular flexibility index (Phi) is 7.25. The number of hydrogen-bond donors (Lipinski definition) is 1. The van der Waals surface area contributed by atoms with Crippen LogP contribution in [0.15, 0.2) is 48.5 Å². The second kappa shape index (κ2) is 10.5. The Labute approximate surface area is 200 Å². The molecule has 2 aromatic carbocycles. The first-order valence-corrected chi connectivity index (χ1v) is 12.3. The number of ether oxygens (including phenoxy) is 2. The van der Waals surface area contributed by atoms with Gasteiger partial charge in [0.2, 0.25) is 5.91 Å². The third-order valence-corrected chi connectivity index (χ3v) is 7.27. The smallest absolute Gasteiger partial charge is 0.225 e. The highest BCUT2D eigenvalue weighted by molar-refractivity contribution is 5.77. The average molecular weight is 469 g/mol. The van der Waals surface area contributed by atoms with Crippen LogP contribution in [0.3, 0.4) is 0 Å². The van der Waals surface area contributed by atoms with E-state index < -0.39 is 6.10 Å². The molecule has 0 bridgehead atoms. The molecule has 0 radical (unpaired) electrons. The maximum atomic E-state index is 13.3. The molecule has 0 spiro atoms. The highest BCUT2D eigenvalue weighted by Gasteiger charge is 2.38. The summed E-state index contributed by atoms with van der Waals surface area (Å²) in [6.07, 6.45) is 2.05. The van der Waals surface area contributed by atoms with Crippen LogP contribution in [0.25, 0.3) is 0 Å². The summed E-state index contributed by atoms with van der Waals surface area (Å²) >= 11 is 0. The first-order chi connectivity index (χ1) is 16.5. The van der Waals surface area contributed by atoms with Gasteiger partial charge in [-0.1, -0.05) is 36.4 Å². The van der Waals surface area contributed by atoms with Gasteiger partial charge in [0.1, 0.15) is 5.82 Å². The molecule has 0 aromatic heterocycles. The monoisotopic (exact) mass is 468 g/mol. The molecule has 1 N–H and O–H groups in total. The van der Waals surface area contributed by atoms with Crippen molar-refractivity contribution in [3.05, 3.63) is 71.0 Å². The highest BCUT2D eigenvalue weighted by Crippen LogP contribution is 2.30. The highest BCUT2D eigenvalue weighted by atomic mass is 19.1. The Morgan fingerprint density at radius 2 is 1.85 bits per heavy atom. The summed E-state index contributed by atoms with van der Waals surface area (Å²) in [6, 6.07) is 14.9. The third kappa shape index (κ3) is 5.49.